The van der Waals surface area contributed by atoms with Crippen LogP contribution >= 0.6 is 7.92 Å². The number of benzene rings is 2. The number of piperazine rings is 1. The molecule has 0 radical (unpaired) electrons. The molecule has 0 unspecified atom stereocenters. The second kappa shape index (κ2) is 15.7. The summed E-state index contributed by atoms with van der Waals surface area (Å²) in [5.74, 6) is 0.243. The van der Waals surface area contributed by atoms with E-state index in [1.165, 1.54) is 0 Å². The van der Waals surface area contributed by atoms with Crippen molar-refractivity contribution in [1.82, 2.24) is 25.1 Å². The fourth-order valence-corrected chi connectivity index (χ4v) is 5.79. The van der Waals surface area contributed by atoms with Crippen molar-refractivity contribution in [2.75, 3.05) is 57.9 Å². The zero-order valence-electron chi connectivity index (χ0n) is 25.9. The topological polar surface area (TPSA) is 134 Å². The molecule has 2 saturated heterocycles. The number of nitrogens with one attached hydrogen (secondary N) is 1. The summed E-state index contributed by atoms with van der Waals surface area (Å²) in [7, 11) is 1.46. The van der Waals surface area contributed by atoms with Gasteiger partial charge in [-0.1, -0.05) is 30.3 Å². The van der Waals surface area contributed by atoms with Crippen LogP contribution < -0.4 is 10.2 Å². The fourth-order valence-electron chi connectivity index (χ4n) is 5.54. The number of carbonyl (C=O) groups is 3. The Balaban J connectivity index is 1.41. The number of methoxy groups -OCH3 is 1. The van der Waals surface area contributed by atoms with Gasteiger partial charge in [-0.15, -0.1) is 0 Å². The Hall–Kier alpha value is -4.50. The molecule has 240 valence electrons. The molecule has 13 heteroatoms. The van der Waals surface area contributed by atoms with E-state index in [2.05, 4.69) is 20.8 Å². The van der Waals surface area contributed by atoms with Gasteiger partial charge in [0.05, 0.1) is 12.7 Å². The van der Waals surface area contributed by atoms with Crippen LogP contribution in [0, 0.1) is 5.63 Å². The average Bonchev–Trinajstić information content (AvgIpc) is 3.59. The standard InChI is InChI=1S/C33H37N6O6P/c1-3-45-33(42)38-17-15-37(16-18-38)32(41)28(19-23-9-11-24(12-10-23)22-46-43)35-31(40)27-20-29(39-14-13-26(21-39)44-2)36-30(34-27)25-7-5-4-6-8-25/h4-12,20,26,28H,3,13-19,21H2,1-2H3,(H,35,40)/t26-,28-/m0/s1. The molecular formula is C33H37N6O6P. The molecule has 2 fully saturated rings. The van der Waals surface area contributed by atoms with Crippen LogP contribution in [0.1, 0.15) is 35.0 Å². The predicted octanol–water partition coefficient (Wildman–Crippen LogP) is 3.61. The number of anilines is 1. The van der Waals surface area contributed by atoms with Gasteiger partial charge in [-0.3, -0.25) is 0 Å². The maximum atomic E-state index is 13.9. The number of amides is 3. The van der Waals surface area contributed by atoms with Crippen LogP contribution in [0.15, 0.2) is 60.7 Å². The first-order valence-corrected chi connectivity index (χ1v) is 16.1. The number of hydrogen-bond acceptors (Lipinski definition) is 9. The van der Waals surface area contributed by atoms with Gasteiger partial charge in [-0.25, -0.2) is 9.78 Å². The minimum atomic E-state index is -0.915. The molecule has 2 atom stereocenters. The van der Waals surface area contributed by atoms with Gasteiger partial charge in [-0.2, -0.15) is 0 Å². The van der Waals surface area contributed by atoms with Crippen molar-refractivity contribution < 1.29 is 28.4 Å². The number of ether oxygens (including phenoxy) is 2. The van der Waals surface area contributed by atoms with Crippen molar-refractivity contribution >= 4 is 31.6 Å². The van der Waals surface area contributed by atoms with Crippen molar-refractivity contribution in [1.29, 1.82) is 0 Å². The van der Waals surface area contributed by atoms with Gasteiger partial charge in [0, 0.05) is 25.8 Å². The molecule has 46 heavy (non-hydrogen) atoms. The van der Waals surface area contributed by atoms with E-state index in [-0.39, 0.29) is 38.6 Å². The molecule has 0 saturated carbocycles. The van der Waals surface area contributed by atoms with E-state index in [0.29, 0.717) is 49.9 Å². The van der Waals surface area contributed by atoms with Gasteiger partial charge in [0.25, 0.3) is 0 Å². The monoisotopic (exact) mass is 644 g/mol. The Morgan fingerprint density at radius 3 is 2.37 bits per heavy atom. The Morgan fingerprint density at radius 2 is 1.72 bits per heavy atom. The first-order valence-electron chi connectivity index (χ1n) is 15.3. The summed E-state index contributed by atoms with van der Waals surface area (Å²) in [4.78, 5) is 54.8. The van der Waals surface area contributed by atoms with Crippen LogP contribution in [0.2, 0.25) is 0 Å². The van der Waals surface area contributed by atoms with Crippen LogP contribution in [-0.2, 0) is 25.3 Å². The third-order valence-corrected chi connectivity index (χ3v) is 8.42. The normalized spacial score (nSPS) is 16.8. The van der Waals surface area contributed by atoms with Crippen LogP contribution in [0.4, 0.5) is 10.6 Å². The molecule has 1 aromatic heterocycles. The molecule has 0 bridgehead atoms. The number of aromatic nitrogens is 2. The summed E-state index contributed by atoms with van der Waals surface area (Å²) < 4.78 is 21.6. The van der Waals surface area contributed by atoms with Crippen molar-refractivity contribution in [3.05, 3.63) is 77.5 Å². The summed E-state index contributed by atoms with van der Waals surface area (Å²) in [6.07, 6.45) is 0.705. The Kier molecular flexibility index (Phi) is 11.2. The first-order chi connectivity index (χ1) is 22.4. The molecule has 3 aromatic rings. The van der Waals surface area contributed by atoms with Crippen molar-refractivity contribution in [3.8, 4) is 17.0 Å². The molecule has 2 aliphatic heterocycles. The SMILES string of the molecule is CCOC(=O)N1CCN(C(=O)[C@H](Cc2ccc(C#P=O)cc2)NC(=O)c2cc(N3CC[C@H](OC)C3)nc(-c3ccccc3)n2)CC1. The van der Waals surface area contributed by atoms with Gasteiger partial charge in [-0.05, 0) is 13.3 Å². The zero-order valence-corrected chi connectivity index (χ0v) is 26.8. The summed E-state index contributed by atoms with van der Waals surface area (Å²) in [6, 6.07) is 17.3. The molecule has 5 rings (SSSR count). The van der Waals surface area contributed by atoms with Gasteiger partial charge in [0.15, 0.2) is 0 Å². The molecule has 0 aliphatic carbocycles. The summed E-state index contributed by atoms with van der Waals surface area (Å²) in [5.41, 5.74) is 5.05. The second-order valence-electron chi connectivity index (χ2n) is 11.0. The molecule has 2 aromatic carbocycles. The second-order valence-corrected chi connectivity index (χ2v) is 11.4. The molecule has 3 heterocycles. The van der Waals surface area contributed by atoms with Gasteiger partial charge >= 0.3 is 163 Å². The van der Waals surface area contributed by atoms with E-state index in [1.807, 2.05) is 42.5 Å². The van der Waals surface area contributed by atoms with E-state index in [9.17, 15) is 18.9 Å². The van der Waals surface area contributed by atoms with Crippen molar-refractivity contribution in [3.63, 3.8) is 0 Å². The molecule has 0 spiro atoms. The molecular weight excluding hydrogens is 607 g/mol. The van der Waals surface area contributed by atoms with E-state index in [1.54, 1.807) is 42.0 Å². The molecule has 12 nitrogen and oxygen atoms in total. The third kappa shape index (κ3) is 8.20. The zero-order chi connectivity index (χ0) is 32.5. The number of carbonyl (C=O) groups excluding carboxylic acids is 3. The number of nitrogens with zero attached hydrogens (tertiary/aromatic N) is 5. The van der Waals surface area contributed by atoms with E-state index in [0.717, 1.165) is 24.1 Å². The predicted molar refractivity (Wildman–Crippen MR) is 172 cm³/mol. The van der Waals surface area contributed by atoms with Gasteiger partial charge in [0.1, 0.15) is 0 Å². The van der Waals surface area contributed by atoms with Gasteiger partial charge in [0.2, 0.25) is 0 Å². The van der Waals surface area contributed by atoms with E-state index in [4.69, 9.17) is 14.5 Å². The summed E-state index contributed by atoms with van der Waals surface area (Å²) >= 11 is 0. The Labute approximate surface area is 269 Å². The van der Waals surface area contributed by atoms with Crippen LogP contribution in [0.3, 0.4) is 0 Å². The molecule has 1 N–H and O–H groups in total. The third-order valence-electron chi connectivity index (χ3n) is 8.07. The molecule has 3 amide bonds. The number of rotatable bonds is 9. The average molecular weight is 645 g/mol. The van der Waals surface area contributed by atoms with E-state index >= 15 is 0 Å². The quantitative estimate of drug-likeness (QED) is 0.347. The first kappa shape index (κ1) is 32.9. The number of hydrogen-bond donors (Lipinski definition) is 1. The summed E-state index contributed by atoms with van der Waals surface area (Å²) in [5, 5.41) is 2.95. The van der Waals surface area contributed by atoms with Crippen LogP contribution in [0.25, 0.3) is 11.4 Å². The Morgan fingerprint density at radius 1 is 1.00 bits per heavy atom. The van der Waals surface area contributed by atoms with Crippen molar-refractivity contribution in [2.45, 2.75) is 31.9 Å². The maximum absolute atomic E-state index is 13.9. The fraction of sp³-hybridized carbons (Fsp3) is 0.394. The molecule has 2 aliphatic rings. The minimum absolute atomic E-state index is 0.0634. The van der Waals surface area contributed by atoms with Gasteiger partial charge < -0.3 is 14.4 Å². The van der Waals surface area contributed by atoms with Crippen LogP contribution in [-0.4, -0.2) is 103 Å². The van der Waals surface area contributed by atoms with Crippen molar-refractivity contribution in [2.24, 2.45) is 0 Å². The Bertz CT molecular complexity index is 1640. The van der Waals surface area contributed by atoms with E-state index < -0.39 is 18.0 Å². The van der Waals surface area contributed by atoms with Crippen LogP contribution in [0.5, 0.6) is 0 Å². The summed E-state index contributed by atoms with van der Waals surface area (Å²) in [6.45, 7) is 4.65.